The summed E-state index contributed by atoms with van der Waals surface area (Å²) in [5.74, 6) is 2.11. The van der Waals surface area contributed by atoms with Crippen LogP contribution in [0.2, 0.25) is 0 Å². The first kappa shape index (κ1) is 15.5. The number of nitrogens with zero attached hydrogens (tertiary/aromatic N) is 1. The highest BCUT2D eigenvalue weighted by Gasteiger charge is 2.03. The lowest BCUT2D eigenvalue weighted by Gasteiger charge is -2.10. The van der Waals surface area contributed by atoms with Crippen molar-refractivity contribution in [3.8, 4) is 11.6 Å². The highest BCUT2D eigenvalue weighted by atomic mass is 16.5. The Morgan fingerprint density at radius 2 is 1.90 bits per heavy atom. The SMILES string of the molecule is Cc1ccc(Oc2cccc(CNCC(C)C)n2)cc1C. The van der Waals surface area contributed by atoms with Gasteiger partial charge in [0.15, 0.2) is 0 Å². The van der Waals surface area contributed by atoms with Crippen LogP contribution < -0.4 is 10.1 Å². The van der Waals surface area contributed by atoms with Crippen LogP contribution in [0.5, 0.6) is 11.6 Å². The van der Waals surface area contributed by atoms with Gasteiger partial charge in [0.1, 0.15) is 5.75 Å². The van der Waals surface area contributed by atoms with E-state index in [9.17, 15) is 0 Å². The monoisotopic (exact) mass is 284 g/mol. The van der Waals surface area contributed by atoms with Gasteiger partial charge in [0.25, 0.3) is 0 Å². The van der Waals surface area contributed by atoms with Crippen molar-refractivity contribution >= 4 is 0 Å². The van der Waals surface area contributed by atoms with Crippen LogP contribution in [-0.4, -0.2) is 11.5 Å². The maximum Gasteiger partial charge on any atom is 0.219 e. The molecule has 21 heavy (non-hydrogen) atoms. The Morgan fingerprint density at radius 1 is 1.10 bits per heavy atom. The zero-order valence-corrected chi connectivity index (χ0v) is 13.3. The largest absolute Gasteiger partial charge is 0.439 e. The average Bonchev–Trinajstić information content (AvgIpc) is 2.43. The smallest absolute Gasteiger partial charge is 0.219 e. The maximum absolute atomic E-state index is 5.84. The van der Waals surface area contributed by atoms with Crippen molar-refractivity contribution in [2.75, 3.05) is 6.54 Å². The second-order valence-electron chi connectivity index (χ2n) is 5.84. The molecule has 0 aliphatic rings. The molecule has 3 heteroatoms. The van der Waals surface area contributed by atoms with Crippen LogP contribution in [0.4, 0.5) is 0 Å². The van der Waals surface area contributed by atoms with E-state index in [1.54, 1.807) is 0 Å². The predicted octanol–water partition coefficient (Wildman–Crippen LogP) is 4.24. The third-order valence-corrected chi connectivity index (χ3v) is 3.34. The molecule has 0 radical (unpaired) electrons. The fourth-order valence-corrected chi connectivity index (χ4v) is 2.00. The molecule has 1 N–H and O–H groups in total. The Balaban J connectivity index is 2.01. The summed E-state index contributed by atoms with van der Waals surface area (Å²) in [6.45, 7) is 10.3. The lowest BCUT2D eigenvalue weighted by Crippen LogP contribution is -2.19. The first-order valence-electron chi connectivity index (χ1n) is 7.46. The molecular formula is C18H24N2O. The summed E-state index contributed by atoms with van der Waals surface area (Å²) in [5, 5.41) is 3.39. The molecule has 1 aromatic carbocycles. The molecule has 2 rings (SSSR count). The number of ether oxygens (including phenoxy) is 1. The van der Waals surface area contributed by atoms with E-state index in [1.807, 2.05) is 30.3 Å². The summed E-state index contributed by atoms with van der Waals surface area (Å²) >= 11 is 0. The van der Waals surface area contributed by atoms with E-state index in [4.69, 9.17) is 4.74 Å². The fourth-order valence-electron chi connectivity index (χ4n) is 2.00. The minimum Gasteiger partial charge on any atom is -0.439 e. The molecule has 0 saturated carbocycles. The normalized spacial score (nSPS) is 10.9. The lowest BCUT2D eigenvalue weighted by molar-refractivity contribution is 0.458. The summed E-state index contributed by atoms with van der Waals surface area (Å²) in [6.07, 6.45) is 0. The highest BCUT2D eigenvalue weighted by molar-refractivity contribution is 5.36. The van der Waals surface area contributed by atoms with Crippen LogP contribution in [0.15, 0.2) is 36.4 Å². The molecule has 0 aliphatic heterocycles. The Hall–Kier alpha value is -1.87. The zero-order valence-electron chi connectivity index (χ0n) is 13.3. The number of hydrogen-bond donors (Lipinski definition) is 1. The van der Waals surface area contributed by atoms with Gasteiger partial charge < -0.3 is 10.1 Å². The molecule has 0 fully saturated rings. The standard InChI is InChI=1S/C18H24N2O/c1-13(2)11-19-12-16-6-5-7-18(20-16)21-17-9-8-14(3)15(4)10-17/h5-10,13,19H,11-12H2,1-4H3. The first-order valence-corrected chi connectivity index (χ1v) is 7.46. The van der Waals surface area contributed by atoms with Crippen LogP contribution in [0.1, 0.15) is 30.7 Å². The Morgan fingerprint density at radius 3 is 2.62 bits per heavy atom. The average molecular weight is 284 g/mol. The first-order chi connectivity index (χ1) is 10.0. The molecule has 3 nitrogen and oxygen atoms in total. The number of nitrogens with one attached hydrogen (secondary N) is 1. The summed E-state index contributed by atoms with van der Waals surface area (Å²) in [7, 11) is 0. The van der Waals surface area contributed by atoms with Gasteiger partial charge in [-0.05, 0) is 55.6 Å². The van der Waals surface area contributed by atoms with Crippen molar-refractivity contribution in [3.05, 3.63) is 53.2 Å². The minimum atomic E-state index is 0.639. The van der Waals surface area contributed by atoms with Crippen molar-refractivity contribution < 1.29 is 4.74 Å². The third kappa shape index (κ3) is 4.87. The van der Waals surface area contributed by atoms with Crippen molar-refractivity contribution in [2.24, 2.45) is 5.92 Å². The summed E-state index contributed by atoms with van der Waals surface area (Å²) in [5.41, 5.74) is 3.49. The Kier molecular flexibility index (Phi) is 5.34. The van der Waals surface area contributed by atoms with Gasteiger partial charge in [-0.1, -0.05) is 26.0 Å². The van der Waals surface area contributed by atoms with Crippen LogP contribution in [-0.2, 0) is 6.54 Å². The number of hydrogen-bond acceptors (Lipinski definition) is 3. The van der Waals surface area contributed by atoms with Crippen molar-refractivity contribution in [1.29, 1.82) is 0 Å². The van der Waals surface area contributed by atoms with Gasteiger partial charge in [-0.2, -0.15) is 0 Å². The topological polar surface area (TPSA) is 34.1 Å². The number of pyridine rings is 1. The molecule has 0 saturated heterocycles. The van der Waals surface area contributed by atoms with Gasteiger partial charge in [-0.3, -0.25) is 0 Å². The summed E-state index contributed by atoms with van der Waals surface area (Å²) in [4.78, 5) is 4.53. The van der Waals surface area contributed by atoms with Crippen molar-refractivity contribution in [1.82, 2.24) is 10.3 Å². The molecule has 0 atom stereocenters. The molecule has 2 aromatic rings. The molecule has 0 unspecified atom stereocenters. The Bertz CT molecular complexity index is 594. The van der Waals surface area contributed by atoms with Crippen molar-refractivity contribution in [3.63, 3.8) is 0 Å². The maximum atomic E-state index is 5.84. The van der Waals surface area contributed by atoms with E-state index in [-0.39, 0.29) is 0 Å². The Labute approximate surface area is 127 Å². The van der Waals surface area contributed by atoms with Crippen LogP contribution in [0, 0.1) is 19.8 Å². The number of benzene rings is 1. The van der Waals surface area contributed by atoms with E-state index >= 15 is 0 Å². The second kappa shape index (κ2) is 7.23. The molecule has 0 amide bonds. The molecule has 112 valence electrons. The lowest BCUT2D eigenvalue weighted by atomic mass is 10.1. The molecule has 1 heterocycles. The molecule has 0 aliphatic carbocycles. The van der Waals surface area contributed by atoms with Crippen LogP contribution >= 0.6 is 0 Å². The van der Waals surface area contributed by atoms with Gasteiger partial charge in [0.05, 0.1) is 5.69 Å². The number of aryl methyl sites for hydroxylation is 2. The van der Waals surface area contributed by atoms with Gasteiger partial charge in [0.2, 0.25) is 5.88 Å². The highest BCUT2D eigenvalue weighted by Crippen LogP contribution is 2.22. The van der Waals surface area contributed by atoms with E-state index in [0.29, 0.717) is 11.8 Å². The predicted molar refractivity (Wildman–Crippen MR) is 86.8 cm³/mol. The number of aromatic nitrogens is 1. The van der Waals surface area contributed by atoms with E-state index in [1.165, 1.54) is 11.1 Å². The van der Waals surface area contributed by atoms with E-state index in [0.717, 1.165) is 24.5 Å². The van der Waals surface area contributed by atoms with Gasteiger partial charge in [-0.15, -0.1) is 0 Å². The molecule has 1 aromatic heterocycles. The minimum absolute atomic E-state index is 0.639. The van der Waals surface area contributed by atoms with Gasteiger partial charge in [0, 0.05) is 12.6 Å². The summed E-state index contributed by atoms with van der Waals surface area (Å²) in [6, 6.07) is 12.0. The quantitative estimate of drug-likeness (QED) is 0.861. The van der Waals surface area contributed by atoms with Crippen LogP contribution in [0.3, 0.4) is 0 Å². The van der Waals surface area contributed by atoms with E-state index in [2.05, 4.69) is 44.1 Å². The van der Waals surface area contributed by atoms with Gasteiger partial charge >= 0.3 is 0 Å². The van der Waals surface area contributed by atoms with Crippen molar-refractivity contribution in [2.45, 2.75) is 34.2 Å². The summed E-state index contributed by atoms with van der Waals surface area (Å²) < 4.78 is 5.84. The third-order valence-electron chi connectivity index (χ3n) is 3.34. The zero-order chi connectivity index (χ0) is 15.2. The van der Waals surface area contributed by atoms with Gasteiger partial charge in [-0.25, -0.2) is 4.98 Å². The molecular weight excluding hydrogens is 260 g/mol. The van der Waals surface area contributed by atoms with Crippen LogP contribution in [0.25, 0.3) is 0 Å². The molecule has 0 bridgehead atoms. The molecule has 0 spiro atoms. The second-order valence-corrected chi connectivity index (χ2v) is 5.84. The van der Waals surface area contributed by atoms with E-state index < -0.39 is 0 Å². The number of rotatable bonds is 6. The fraction of sp³-hybridized carbons (Fsp3) is 0.389.